The highest BCUT2D eigenvalue weighted by molar-refractivity contribution is 7.90. The third kappa shape index (κ3) is 3.16. The zero-order valence-corrected chi connectivity index (χ0v) is 15.6. The summed E-state index contributed by atoms with van der Waals surface area (Å²) >= 11 is 0. The summed E-state index contributed by atoms with van der Waals surface area (Å²) in [5, 5.41) is 0.918. The van der Waals surface area contributed by atoms with Crippen molar-refractivity contribution >= 4 is 20.9 Å². The maximum absolute atomic E-state index is 13.2. The van der Waals surface area contributed by atoms with Crippen LogP contribution in [0.1, 0.15) is 5.56 Å². The quantitative estimate of drug-likeness (QED) is 0.571. The van der Waals surface area contributed by atoms with Gasteiger partial charge >= 0.3 is 0 Å². The van der Waals surface area contributed by atoms with Crippen LogP contribution in [0, 0.1) is 0 Å². The van der Waals surface area contributed by atoms with Crippen LogP contribution < -0.4 is 5.73 Å². The van der Waals surface area contributed by atoms with E-state index in [2.05, 4.69) is 0 Å². The first-order valence-corrected chi connectivity index (χ1v) is 10.3. The summed E-state index contributed by atoms with van der Waals surface area (Å²) in [6.07, 6.45) is 2.32. The second-order valence-electron chi connectivity index (χ2n) is 6.40. The minimum Gasteiger partial charge on any atom is -0.330 e. The van der Waals surface area contributed by atoms with Crippen molar-refractivity contribution in [3.8, 4) is 11.1 Å². The summed E-state index contributed by atoms with van der Waals surface area (Å²) in [6, 6.07) is 24.4. The molecule has 0 unspecified atom stereocenters. The molecule has 0 bridgehead atoms. The Bertz CT molecular complexity index is 1180. The molecule has 3 aromatic carbocycles. The number of nitrogens with two attached hydrogens (primary N) is 1. The molecule has 0 aliphatic heterocycles. The molecular weight excluding hydrogens is 356 g/mol. The van der Waals surface area contributed by atoms with Crippen LogP contribution in [0.5, 0.6) is 0 Å². The van der Waals surface area contributed by atoms with E-state index in [4.69, 9.17) is 5.73 Å². The average Bonchev–Trinajstić information content (AvgIpc) is 3.08. The molecule has 1 aromatic heterocycles. The van der Waals surface area contributed by atoms with Gasteiger partial charge in [-0.3, -0.25) is 0 Å². The van der Waals surface area contributed by atoms with Gasteiger partial charge in [0.15, 0.2) is 0 Å². The Kier molecular flexibility index (Phi) is 4.56. The Balaban J connectivity index is 1.93. The van der Waals surface area contributed by atoms with Crippen LogP contribution in [-0.2, 0) is 16.4 Å². The number of aromatic nitrogens is 1. The Hall–Kier alpha value is -2.89. The fourth-order valence-electron chi connectivity index (χ4n) is 3.34. The number of rotatable bonds is 5. The van der Waals surface area contributed by atoms with Crippen LogP contribution in [0.4, 0.5) is 0 Å². The van der Waals surface area contributed by atoms with E-state index >= 15 is 0 Å². The maximum Gasteiger partial charge on any atom is 0.268 e. The molecule has 0 aliphatic carbocycles. The van der Waals surface area contributed by atoms with Gasteiger partial charge in [0, 0.05) is 11.6 Å². The summed E-state index contributed by atoms with van der Waals surface area (Å²) in [5.74, 6) is 0. The molecule has 4 aromatic rings. The number of fused-ring (bicyclic) bond motifs is 1. The van der Waals surface area contributed by atoms with Gasteiger partial charge in [0.25, 0.3) is 10.0 Å². The lowest BCUT2D eigenvalue weighted by molar-refractivity contribution is 0.589. The number of hydrogen-bond acceptors (Lipinski definition) is 3. The second kappa shape index (κ2) is 7.02. The zero-order valence-electron chi connectivity index (χ0n) is 14.7. The highest BCUT2D eigenvalue weighted by atomic mass is 32.2. The predicted molar refractivity (Wildman–Crippen MR) is 109 cm³/mol. The molecule has 27 heavy (non-hydrogen) atoms. The molecule has 0 saturated heterocycles. The van der Waals surface area contributed by atoms with Crippen molar-refractivity contribution in [3.05, 3.63) is 90.6 Å². The molecule has 0 radical (unpaired) electrons. The van der Waals surface area contributed by atoms with Gasteiger partial charge in [-0.25, -0.2) is 12.4 Å². The fourth-order valence-corrected chi connectivity index (χ4v) is 4.75. The van der Waals surface area contributed by atoms with Crippen LogP contribution >= 0.6 is 0 Å². The zero-order chi connectivity index (χ0) is 18.9. The van der Waals surface area contributed by atoms with Gasteiger partial charge in [0.05, 0.1) is 10.4 Å². The first-order chi connectivity index (χ1) is 13.1. The summed E-state index contributed by atoms with van der Waals surface area (Å²) < 4.78 is 27.7. The molecule has 0 saturated carbocycles. The predicted octanol–water partition coefficient (Wildman–Crippen LogP) is 4.05. The largest absolute Gasteiger partial charge is 0.330 e. The molecule has 4 rings (SSSR count). The molecule has 136 valence electrons. The third-order valence-corrected chi connectivity index (χ3v) is 6.36. The van der Waals surface area contributed by atoms with Crippen LogP contribution in [-0.4, -0.2) is 18.9 Å². The molecule has 4 nitrogen and oxygen atoms in total. The van der Waals surface area contributed by atoms with E-state index in [0.29, 0.717) is 18.5 Å². The monoisotopic (exact) mass is 376 g/mol. The SMILES string of the molecule is NCCc1cn(S(=O)(=O)c2ccccc2)c2ccc(-c3ccccc3)cc12. The molecule has 5 heteroatoms. The van der Waals surface area contributed by atoms with Crippen LogP contribution in [0.3, 0.4) is 0 Å². The van der Waals surface area contributed by atoms with Crippen LogP contribution in [0.2, 0.25) is 0 Å². The van der Waals surface area contributed by atoms with Gasteiger partial charge < -0.3 is 5.73 Å². The second-order valence-corrected chi connectivity index (χ2v) is 8.22. The smallest absolute Gasteiger partial charge is 0.268 e. The van der Waals surface area contributed by atoms with E-state index in [1.807, 2.05) is 48.5 Å². The molecule has 2 N–H and O–H groups in total. The summed E-state index contributed by atoms with van der Waals surface area (Å²) in [4.78, 5) is 0.272. The van der Waals surface area contributed by atoms with Crippen molar-refractivity contribution in [2.45, 2.75) is 11.3 Å². The number of hydrogen-bond donors (Lipinski definition) is 1. The summed E-state index contributed by atoms with van der Waals surface area (Å²) in [7, 11) is -3.66. The van der Waals surface area contributed by atoms with Crippen molar-refractivity contribution in [1.29, 1.82) is 0 Å². The van der Waals surface area contributed by atoms with E-state index in [-0.39, 0.29) is 4.90 Å². The van der Waals surface area contributed by atoms with Crippen molar-refractivity contribution in [1.82, 2.24) is 3.97 Å². The van der Waals surface area contributed by atoms with E-state index < -0.39 is 10.0 Å². The third-order valence-electron chi connectivity index (χ3n) is 4.67. The lowest BCUT2D eigenvalue weighted by atomic mass is 10.0. The Morgan fingerprint density at radius 1 is 0.815 bits per heavy atom. The fraction of sp³-hybridized carbons (Fsp3) is 0.0909. The van der Waals surface area contributed by atoms with Gasteiger partial charge in [-0.05, 0) is 53.9 Å². The van der Waals surface area contributed by atoms with Gasteiger partial charge in [-0.15, -0.1) is 0 Å². The molecule has 0 amide bonds. The van der Waals surface area contributed by atoms with Gasteiger partial charge in [-0.1, -0.05) is 54.6 Å². The van der Waals surface area contributed by atoms with Gasteiger partial charge in [0.1, 0.15) is 0 Å². The molecular formula is C22H20N2O2S. The molecule has 0 aliphatic rings. The molecule has 0 spiro atoms. The maximum atomic E-state index is 13.2. The van der Waals surface area contributed by atoms with Crippen LogP contribution in [0.25, 0.3) is 22.0 Å². The van der Waals surface area contributed by atoms with E-state index in [0.717, 1.165) is 22.1 Å². The van der Waals surface area contributed by atoms with Crippen molar-refractivity contribution in [2.75, 3.05) is 6.54 Å². The lowest BCUT2D eigenvalue weighted by Crippen LogP contribution is -2.11. The first kappa shape index (κ1) is 17.5. The summed E-state index contributed by atoms with van der Waals surface area (Å²) in [5.41, 5.74) is 9.52. The van der Waals surface area contributed by atoms with Crippen molar-refractivity contribution in [2.24, 2.45) is 5.73 Å². The first-order valence-electron chi connectivity index (χ1n) is 8.81. The van der Waals surface area contributed by atoms with Gasteiger partial charge in [0.2, 0.25) is 0 Å². The van der Waals surface area contributed by atoms with Crippen molar-refractivity contribution < 1.29 is 8.42 Å². The topological polar surface area (TPSA) is 65.1 Å². The molecule has 1 heterocycles. The van der Waals surface area contributed by atoms with E-state index in [1.165, 1.54) is 3.97 Å². The minimum absolute atomic E-state index is 0.272. The van der Waals surface area contributed by atoms with E-state index in [1.54, 1.807) is 36.5 Å². The summed E-state index contributed by atoms with van der Waals surface area (Å²) in [6.45, 7) is 0.458. The minimum atomic E-state index is -3.66. The highest BCUT2D eigenvalue weighted by Gasteiger charge is 2.21. The standard InChI is InChI=1S/C22H20N2O2S/c23-14-13-19-16-24(27(25,26)20-9-5-2-6-10-20)22-12-11-18(15-21(19)22)17-7-3-1-4-8-17/h1-12,15-16H,13-14,23H2. The number of benzene rings is 3. The highest BCUT2D eigenvalue weighted by Crippen LogP contribution is 2.30. The van der Waals surface area contributed by atoms with Gasteiger partial charge in [-0.2, -0.15) is 0 Å². The Morgan fingerprint density at radius 3 is 2.15 bits per heavy atom. The molecule has 0 fully saturated rings. The van der Waals surface area contributed by atoms with Crippen molar-refractivity contribution in [3.63, 3.8) is 0 Å². The Labute approximate surface area is 158 Å². The average molecular weight is 376 g/mol. The lowest BCUT2D eigenvalue weighted by Gasteiger charge is -2.08. The normalized spacial score (nSPS) is 11.7. The Morgan fingerprint density at radius 2 is 1.48 bits per heavy atom. The van der Waals surface area contributed by atoms with Crippen LogP contribution in [0.15, 0.2) is 90.0 Å². The van der Waals surface area contributed by atoms with E-state index in [9.17, 15) is 8.42 Å². The number of nitrogens with zero attached hydrogens (tertiary/aromatic N) is 1. The molecule has 0 atom stereocenters.